The zero-order valence-electron chi connectivity index (χ0n) is 14.6. The van der Waals surface area contributed by atoms with Crippen molar-refractivity contribution in [2.75, 3.05) is 0 Å². The SMILES string of the molecule is Cc1scc2c(=O)c3c(=O)n(C4=CCCC=C4)c(C(C)C)cc3[nH]c12. The van der Waals surface area contributed by atoms with Crippen LogP contribution in [0.15, 0.2) is 39.3 Å². The quantitative estimate of drug-likeness (QED) is 0.737. The number of allylic oxidation sites excluding steroid dienone is 4. The normalized spacial score (nSPS) is 14.6. The molecule has 4 rings (SSSR count). The Kier molecular flexibility index (Phi) is 3.76. The van der Waals surface area contributed by atoms with Crippen LogP contribution in [0.25, 0.3) is 27.5 Å². The monoisotopic (exact) mass is 352 g/mol. The Balaban J connectivity index is 2.18. The van der Waals surface area contributed by atoms with E-state index in [9.17, 15) is 9.59 Å². The summed E-state index contributed by atoms with van der Waals surface area (Å²) in [6.45, 7) is 6.12. The first kappa shape index (κ1) is 16.1. The number of aryl methyl sites for hydroxylation is 1. The minimum Gasteiger partial charge on any atom is -0.353 e. The van der Waals surface area contributed by atoms with Crippen molar-refractivity contribution in [3.63, 3.8) is 0 Å². The zero-order valence-corrected chi connectivity index (χ0v) is 15.4. The summed E-state index contributed by atoms with van der Waals surface area (Å²) in [5.74, 6) is 0.163. The highest BCUT2D eigenvalue weighted by atomic mass is 32.1. The van der Waals surface area contributed by atoms with Crippen LogP contribution >= 0.6 is 11.3 Å². The molecule has 1 N–H and O–H groups in total. The largest absolute Gasteiger partial charge is 0.353 e. The minimum atomic E-state index is -0.231. The Morgan fingerprint density at radius 3 is 2.72 bits per heavy atom. The standard InChI is InChI=1S/C20H20N2O2S/c1-11(2)16-9-15-17(19(23)14-10-25-12(3)18(14)21-15)20(24)22(16)13-7-5-4-6-8-13/h5,7-11,21H,4,6H2,1-3H3. The van der Waals surface area contributed by atoms with E-state index in [4.69, 9.17) is 0 Å². The maximum atomic E-state index is 13.3. The molecule has 0 amide bonds. The number of aromatic nitrogens is 2. The van der Waals surface area contributed by atoms with E-state index in [1.54, 1.807) is 4.57 Å². The van der Waals surface area contributed by atoms with Crippen molar-refractivity contribution in [1.82, 2.24) is 9.55 Å². The summed E-state index contributed by atoms with van der Waals surface area (Å²) in [4.78, 5) is 30.7. The van der Waals surface area contributed by atoms with Gasteiger partial charge in [0.1, 0.15) is 5.39 Å². The van der Waals surface area contributed by atoms with Gasteiger partial charge in [0.05, 0.1) is 16.4 Å². The van der Waals surface area contributed by atoms with Gasteiger partial charge < -0.3 is 4.98 Å². The molecule has 0 spiro atoms. The highest BCUT2D eigenvalue weighted by Crippen LogP contribution is 2.26. The van der Waals surface area contributed by atoms with Gasteiger partial charge in [-0.05, 0) is 37.8 Å². The van der Waals surface area contributed by atoms with E-state index >= 15 is 0 Å². The second-order valence-electron chi connectivity index (χ2n) is 6.80. The van der Waals surface area contributed by atoms with Crippen LogP contribution in [0.4, 0.5) is 0 Å². The van der Waals surface area contributed by atoms with Gasteiger partial charge in [0.15, 0.2) is 0 Å². The van der Waals surface area contributed by atoms with Crippen LogP contribution in [0.2, 0.25) is 0 Å². The second-order valence-corrected chi connectivity index (χ2v) is 7.88. The molecule has 3 aromatic heterocycles. The fraction of sp³-hybridized carbons (Fsp3) is 0.300. The number of nitrogens with one attached hydrogen (secondary N) is 1. The highest BCUT2D eigenvalue weighted by Gasteiger charge is 2.19. The summed E-state index contributed by atoms with van der Waals surface area (Å²) in [7, 11) is 0. The van der Waals surface area contributed by atoms with Gasteiger partial charge >= 0.3 is 0 Å². The molecule has 0 unspecified atom stereocenters. The lowest BCUT2D eigenvalue weighted by molar-refractivity contribution is 0.771. The van der Waals surface area contributed by atoms with Gasteiger partial charge in [-0.15, -0.1) is 11.3 Å². The average Bonchev–Trinajstić information content (AvgIpc) is 2.96. The third-order valence-electron chi connectivity index (χ3n) is 4.77. The molecule has 25 heavy (non-hydrogen) atoms. The number of aromatic amines is 1. The minimum absolute atomic E-state index is 0.163. The summed E-state index contributed by atoms with van der Waals surface area (Å²) in [5.41, 5.74) is 2.84. The predicted molar refractivity (Wildman–Crippen MR) is 106 cm³/mol. The first-order chi connectivity index (χ1) is 12.0. The molecule has 0 radical (unpaired) electrons. The maximum Gasteiger partial charge on any atom is 0.268 e. The van der Waals surface area contributed by atoms with Crippen LogP contribution in [0, 0.1) is 6.92 Å². The lowest BCUT2D eigenvalue weighted by Crippen LogP contribution is -2.27. The van der Waals surface area contributed by atoms with Crippen molar-refractivity contribution in [3.8, 4) is 0 Å². The van der Waals surface area contributed by atoms with Crippen molar-refractivity contribution < 1.29 is 0 Å². The summed E-state index contributed by atoms with van der Waals surface area (Å²) < 4.78 is 1.71. The van der Waals surface area contributed by atoms with Gasteiger partial charge in [-0.2, -0.15) is 0 Å². The van der Waals surface area contributed by atoms with Crippen LogP contribution < -0.4 is 11.0 Å². The molecular formula is C20H20N2O2S. The van der Waals surface area contributed by atoms with Crippen molar-refractivity contribution in [2.24, 2.45) is 0 Å². The Bertz CT molecular complexity index is 1170. The number of thiophene rings is 1. The topological polar surface area (TPSA) is 54.9 Å². The molecule has 3 heterocycles. The zero-order chi connectivity index (χ0) is 17.7. The molecule has 0 saturated carbocycles. The third kappa shape index (κ3) is 2.42. The summed E-state index contributed by atoms with van der Waals surface area (Å²) in [6, 6.07) is 1.96. The van der Waals surface area contributed by atoms with Gasteiger partial charge in [0, 0.05) is 21.6 Å². The van der Waals surface area contributed by atoms with E-state index in [0.717, 1.165) is 34.6 Å². The van der Waals surface area contributed by atoms with Crippen LogP contribution in [-0.2, 0) is 0 Å². The number of hydrogen-bond donors (Lipinski definition) is 1. The van der Waals surface area contributed by atoms with Gasteiger partial charge in [0.2, 0.25) is 5.43 Å². The maximum absolute atomic E-state index is 13.3. The highest BCUT2D eigenvalue weighted by molar-refractivity contribution is 7.11. The van der Waals surface area contributed by atoms with Gasteiger partial charge in [-0.3, -0.25) is 14.2 Å². The molecule has 0 saturated heterocycles. The smallest absolute Gasteiger partial charge is 0.268 e. The second kappa shape index (κ2) is 5.85. The number of pyridine rings is 2. The molecule has 0 aromatic carbocycles. The molecule has 3 aromatic rings. The van der Waals surface area contributed by atoms with Gasteiger partial charge in [0.25, 0.3) is 5.56 Å². The lowest BCUT2D eigenvalue weighted by atomic mass is 10.0. The van der Waals surface area contributed by atoms with E-state index in [0.29, 0.717) is 10.9 Å². The van der Waals surface area contributed by atoms with Gasteiger partial charge in [-0.1, -0.05) is 26.0 Å². The number of H-pyrrole nitrogens is 1. The van der Waals surface area contributed by atoms with Crippen LogP contribution in [-0.4, -0.2) is 9.55 Å². The fourth-order valence-electron chi connectivity index (χ4n) is 3.45. The van der Waals surface area contributed by atoms with Crippen molar-refractivity contribution in [2.45, 2.75) is 39.5 Å². The van der Waals surface area contributed by atoms with E-state index in [1.165, 1.54) is 11.3 Å². The Hall–Kier alpha value is -2.40. The number of rotatable bonds is 2. The molecular weight excluding hydrogens is 332 g/mol. The molecule has 0 aliphatic heterocycles. The van der Waals surface area contributed by atoms with E-state index in [2.05, 4.69) is 31.0 Å². The first-order valence-corrected chi connectivity index (χ1v) is 9.44. The molecule has 1 aliphatic rings. The van der Waals surface area contributed by atoms with Crippen LogP contribution in [0.1, 0.15) is 43.2 Å². The summed E-state index contributed by atoms with van der Waals surface area (Å²) in [6.07, 6.45) is 8.02. The fourth-order valence-corrected chi connectivity index (χ4v) is 4.25. The Labute approximate surface area is 149 Å². The molecule has 0 bridgehead atoms. The molecule has 5 heteroatoms. The first-order valence-electron chi connectivity index (χ1n) is 8.56. The molecule has 128 valence electrons. The van der Waals surface area contributed by atoms with E-state index in [1.807, 2.05) is 24.4 Å². The van der Waals surface area contributed by atoms with Crippen molar-refractivity contribution >= 4 is 38.8 Å². The number of hydrogen-bond acceptors (Lipinski definition) is 3. The van der Waals surface area contributed by atoms with Gasteiger partial charge in [-0.25, -0.2) is 0 Å². The average molecular weight is 352 g/mol. The number of nitrogens with zero attached hydrogens (tertiary/aromatic N) is 1. The molecule has 0 atom stereocenters. The van der Waals surface area contributed by atoms with E-state index in [-0.39, 0.29) is 22.3 Å². The third-order valence-corrected chi connectivity index (χ3v) is 5.68. The number of fused-ring (bicyclic) bond motifs is 2. The predicted octanol–water partition coefficient (Wildman–Crippen LogP) is 4.53. The Morgan fingerprint density at radius 2 is 2.04 bits per heavy atom. The van der Waals surface area contributed by atoms with Crippen molar-refractivity contribution in [3.05, 3.63) is 60.8 Å². The van der Waals surface area contributed by atoms with Crippen LogP contribution in [0.3, 0.4) is 0 Å². The van der Waals surface area contributed by atoms with Crippen LogP contribution in [0.5, 0.6) is 0 Å². The van der Waals surface area contributed by atoms with E-state index < -0.39 is 0 Å². The summed E-state index contributed by atoms with van der Waals surface area (Å²) >= 11 is 1.53. The van der Waals surface area contributed by atoms with Crippen molar-refractivity contribution in [1.29, 1.82) is 0 Å². The Morgan fingerprint density at radius 1 is 1.24 bits per heavy atom. The summed E-state index contributed by atoms with van der Waals surface area (Å²) in [5, 5.41) is 2.68. The molecule has 0 fully saturated rings. The molecule has 4 nitrogen and oxygen atoms in total. The lowest BCUT2D eigenvalue weighted by Gasteiger charge is -2.19. The molecule has 1 aliphatic carbocycles.